The van der Waals surface area contributed by atoms with Crippen LogP contribution in [0.1, 0.15) is 38.8 Å². The van der Waals surface area contributed by atoms with Gasteiger partial charge in [0.05, 0.1) is 5.56 Å². The van der Waals surface area contributed by atoms with Crippen LogP contribution >= 0.6 is 0 Å². The van der Waals surface area contributed by atoms with Gasteiger partial charge in [-0.25, -0.2) is 9.97 Å². The van der Waals surface area contributed by atoms with Crippen LogP contribution in [-0.4, -0.2) is 22.4 Å². The first kappa shape index (κ1) is 22.0. The Morgan fingerprint density at radius 2 is 1.52 bits per heavy atom. The van der Waals surface area contributed by atoms with Crippen LogP contribution in [0.4, 0.5) is 11.5 Å². The van der Waals surface area contributed by atoms with Crippen LogP contribution in [-0.2, 0) is 6.54 Å². The van der Waals surface area contributed by atoms with E-state index in [1.807, 2.05) is 60.7 Å². The molecular formula is C27H27N5O. The van der Waals surface area contributed by atoms with E-state index >= 15 is 0 Å². The summed E-state index contributed by atoms with van der Waals surface area (Å²) in [7, 11) is 0. The highest BCUT2D eigenvalue weighted by Crippen LogP contribution is 2.24. The standard InChI is InChI=1S/C27H27N5O/c1-19-29-16-22(26(28)32-19)17-30-25-15-9-8-14-23(25)27(33)31-18-24(20-10-4-2-5-11-20)21-12-6-3-7-13-21/h2-16,24,30H,17-18H2,1H3,(H,31,33)(H2,28,29,32). The van der Waals surface area contributed by atoms with E-state index in [0.717, 1.165) is 22.4 Å². The van der Waals surface area contributed by atoms with Crippen molar-refractivity contribution in [2.75, 3.05) is 17.6 Å². The van der Waals surface area contributed by atoms with E-state index in [-0.39, 0.29) is 11.8 Å². The van der Waals surface area contributed by atoms with Crippen molar-refractivity contribution in [3.8, 4) is 0 Å². The molecule has 1 heterocycles. The Morgan fingerprint density at radius 3 is 2.15 bits per heavy atom. The molecule has 0 radical (unpaired) electrons. The Kier molecular flexibility index (Phi) is 6.95. The second-order valence-electron chi connectivity index (χ2n) is 7.81. The van der Waals surface area contributed by atoms with E-state index < -0.39 is 0 Å². The van der Waals surface area contributed by atoms with E-state index in [1.165, 1.54) is 0 Å². The van der Waals surface area contributed by atoms with E-state index in [2.05, 4.69) is 44.9 Å². The molecule has 4 rings (SSSR count). The molecule has 166 valence electrons. The number of amides is 1. The Hall–Kier alpha value is -4.19. The van der Waals surface area contributed by atoms with Gasteiger partial charge in [-0.2, -0.15) is 0 Å². The van der Waals surface area contributed by atoms with Crippen LogP contribution in [0.3, 0.4) is 0 Å². The van der Waals surface area contributed by atoms with Crippen LogP contribution in [0.5, 0.6) is 0 Å². The number of rotatable bonds is 8. The van der Waals surface area contributed by atoms with Gasteiger partial charge in [-0.05, 0) is 30.2 Å². The molecule has 6 nitrogen and oxygen atoms in total. The van der Waals surface area contributed by atoms with Gasteiger partial charge in [0.1, 0.15) is 11.6 Å². The number of nitrogens with one attached hydrogen (secondary N) is 2. The van der Waals surface area contributed by atoms with Gasteiger partial charge in [0.15, 0.2) is 0 Å². The molecule has 4 N–H and O–H groups in total. The molecule has 0 bridgehead atoms. The number of nitrogen functional groups attached to an aromatic ring is 1. The van der Waals surface area contributed by atoms with E-state index in [0.29, 0.717) is 30.3 Å². The lowest BCUT2D eigenvalue weighted by Crippen LogP contribution is -2.29. The molecule has 6 heteroatoms. The van der Waals surface area contributed by atoms with E-state index in [4.69, 9.17) is 5.73 Å². The molecule has 0 aliphatic carbocycles. The minimum atomic E-state index is -0.136. The molecule has 4 aromatic rings. The lowest BCUT2D eigenvalue weighted by atomic mass is 9.91. The number of carbonyl (C=O) groups excluding carboxylic acids is 1. The van der Waals surface area contributed by atoms with Crippen LogP contribution in [0.15, 0.2) is 91.1 Å². The zero-order valence-electron chi connectivity index (χ0n) is 18.5. The summed E-state index contributed by atoms with van der Waals surface area (Å²) in [6.07, 6.45) is 1.71. The first-order valence-electron chi connectivity index (χ1n) is 10.9. The second kappa shape index (κ2) is 10.4. The number of para-hydroxylation sites is 1. The Labute approximate surface area is 193 Å². The van der Waals surface area contributed by atoms with Gasteiger partial charge in [0.2, 0.25) is 0 Å². The largest absolute Gasteiger partial charge is 0.383 e. The van der Waals surface area contributed by atoms with Crippen LogP contribution < -0.4 is 16.4 Å². The highest BCUT2D eigenvalue weighted by molar-refractivity contribution is 5.99. The normalized spacial score (nSPS) is 10.7. The molecule has 1 amide bonds. The number of aromatic nitrogens is 2. The summed E-state index contributed by atoms with van der Waals surface area (Å²) in [4.78, 5) is 21.6. The van der Waals surface area contributed by atoms with Gasteiger partial charge >= 0.3 is 0 Å². The highest BCUT2D eigenvalue weighted by Gasteiger charge is 2.17. The molecule has 0 fully saturated rings. The number of hydrogen-bond donors (Lipinski definition) is 3. The Balaban J connectivity index is 1.49. The number of hydrogen-bond acceptors (Lipinski definition) is 5. The number of carbonyl (C=O) groups is 1. The van der Waals surface area contributed by atoms with Crippen molar-refractivity contribution >= 4 is 17.4 Å². The first-order valence-corrected chi connectivity index (χ1v) is 10.9. The number of anilines is 2. The summed E-state index contributed by atoms with van der Waals surface area (Å²) in [5.41, 5.74) is 10.4. The van der Waals surface area contributed by atoms with Gasteiger partial charge in [-0.1, -0.05) is 72.8 Å². The average Bonchev–Trinajstić information content (AvgIpc) is 2.85. The third kappa shape index (κ3) is 5.54. The topological polar surface area (TPSA) is 92.9 Å². The fourth-order valence-electron chi connectivity index (χ4n) is 3.76. The Morgan fingerprint density at radius 1 is 0.909 bits per heavy atom. The molecule has 0 aliphatic heterocycles. The van der Waals surface area contributed by atoms with Gasteiger partial charge in [0, 0.05) is 36.5 Å². The molecular weight excluding hydrogens is 410 g/mol. The smallest absolute Gasteiger partial charge is 0.253 e. The number of aryl methyl sites for hydroxylation is 1. The summed E-state index contributed by atoms with van der Waals surface area (Å²) in [5, 5.41) is 6.43. The zero-order chi connectivity index (χ0) is 23.0. The number of benzene rings is 3. The molecule has 33 heavy (non-hydrogen) atoms. The van der Waals surface area contributed by atoms with Crippen molar-refractivity contribution in [2.45, 2.75) is 19.4 Å². The van der Waals surface area contributed by atoms with Crippen molar-refractivity contribution in [1.29, 1.82) is 0 Å². The van der Waals surface area contributed by atoms with Crippen molar-refractivity contribution in [1.82, 2.24) is 15.3 Å². The summed E-state index contributed by atoms with van der Waals surface area (Å²) >= 11 is 0. The van der Waals surface area contributed by atoms with E-state index in [9.17, 15) is 4.79 Å². The minimum Gasteiger partial charge on any atom is -0.383 e. The van der Waals surface area contributed by atoms with Gasteiger partial charge < -0.3 is 16.4 Å². The summed E-state index contributed by atoms with van der Waals surface area (Å²) < 4.78 is 0. The average molecular weight is 438 g/mol. The third-order valence-corrected chi connectivity index (χ3v) is 5.53. The van der Waals surface area contributed by atoms with Gasteiger partial charge in [-0.3, -0.25) is 4.79 Å². The molecule has 0 saturated carbocycles. The van der Waals surface area contributed by atoms with Crippen molar-refractivity contribution < 1.29 is 4.79 Å². The third-order valence-electron chi connectivity index (χ3n) is 5.53. The highest BCUT2D eigenvalue weighted by atomic mass is 16.1. The molecule has 1 aromatic heterocycles. The zero-order valence-corrected chi connectivity index (χ0v) is 18.5. The molecule has 3 aromatic carbocycles. The van der Waals surface area contributed by atoms with E-state index in [1.54, 1.807) is 13.1 Å². The summed E-state index contributed by atoms with van der Waals surface area (Å²) in [6, 6.07) is 27.9. The van der Waals surface area contributed by atoms with Crippen LogP contribution in [0, 0.1) is 6.92 Å². The van der Waals surface area contributed by atoms with Crippen molar-refractivity contribution in [2.24, 2.45) is 0 Å². The fourth-order valence-corrected chi connectivity index (χ4v) is 3.76. The van der Waals surface area contributed by atoms with Crippen molar-refractivity contribution in [3.05, 3.63) is 119 Å². The quantitative estimate of drug-likeness (QED) is 0.376. The predicted molar refractivity (Wildman–Crippen MR) is 132 cm³/mol. The Bertz CT molecular complexity index is 1170. The minimum absolute atomic E-state index is 0.0565. The molecule has 0 aliphatic rings. The van der Waals surface area contributed by atoms with Crippen LogP contribution in [0.2, 0.25) is 0 Å². The molecule has 0 saturated heterocycles. The monoisotopic (exact) mass is 437 g/mol. The lowest BCUT2D eigenvalue weighted by Gasteiger charge is -2.19. The summed E-state index contributed by atoms with van der Waals surface area (Å²) in [5.74, 6) is 0.983. The fraction of sp³-hybridized carbons (Fsp3) is 0.148. The maximum absolute atomic E-state index is 13.2. The van der Waals surface area contributed by atoms with Gasteiger partial charge in [-0.15, -0.1) is 0 Å². The summed E-state index contributed by atoms with van der Waals surface area (Å²) in [6.45, 7) is 2.71. The lowest BCUT2D eigenvalue weighted by molar-refractivity contribution is 0.0953. The van der Waals surface area contributed by atoms with Gasteiger partial charge in [0.25, 0.3) is 5.91 Å². The number of nitrogens with zero attached hydrogens (tertiary/aromatic N) is 2. The predicted octanol–water partition coefficient (Wildman–Crippen LogP) is 4.54. The molecule has 0 unspecified atom stereocenters. The SMILES string of the molecule is Cc1ncc(CNc2ccccc2C(=O)NCC(c2ccccc2)c2ccccc2)c(N)n1. The maximum atomic E-state index is 13.2. The first-order chi connectivity index (χ1) is 16.1. The van der Waals surface area contributed by atoms with Crippen molar-refractivity contribution in [3.63, 3.8) is 0 Å². The second-order valence-corrected chi connectivity index (χ2v) is 7.81. The molecule has 0 atom stereocenters. The molecule has 0 spiro atoms. The number of nitrogens with two attached hydrogens (primary N) is 1. The van der Waals surface area contributed by atoms with Crippen LogP contribution in [0.25, 0.3) is 0 Å². The maximum Gasteiger partial charge on any atom is 0.253 e.